The molecule has 0 aliphatic carbocycles. The number of benzene rings is 1. The molecule has 0 radical (unpaired) electrons. The van der Waals surface area contributed by atoms with Crippen LogP contribution in [0.1, 0.15) is 5.56 Å². The normalized spacial score (nSPS) is 12.1. The molecule has 110 valence electrons. The van der Waals surface area contributed by atoms with E-state index < -0.39 is 23.3 Å². The lowest BCUT2D eigenvalue weighted by Gasteiger charge is -2.09. The second-order valence-electron chi connectivity index (χ2n) is 4.70. The topological polar surface area (TPSA) is 107 Å². The third kappa shape index (κ3) is 3.09. The summed E-state index contributed by atoms with van der Waals surface area (Å²) in [5.41, 5.74) is 5.73. The number of hydrogen-bond acceptors (Lipinski definition) is 4. The number of hydrogen-bond donors (Lipinski definition) is 2. The summed E-state index contributed by atoms with van der Waals surface area (Å²) >= 11 is 0. The number of nitrogens with two attached hydrogens (primary N) is 1. The van der Waals surface area contributed by atoms with E-state index in [1.165, 1.54) is 16.8 Å². The van der Waals surface area contributed by atoms with Crippen LogP contribution in [0.5, 0.6) is 0 Å². The van der Waals surface area contributed by atoms with Crippen molar-refractivity contribution in [1.29, 1.82) is 0 Å². The standard InChI is InChI=1S/C14H15N3O4/c1-16-7-6-12(18)17(14(16)21)10-4-2-9(3-5-10)8-11(15)13(19)20/h2-7,11H,8,15H2,1H3,(H,19,20). The minimum atomic E-state index is -1.08. The lowest BCUT2D eigenvalue weighted by molar-refractivity contribution is -0.138. The van der Waals surface area contributed by atoms with Crippen molar-refractivity contribution in [3.8, 4) is 5.69 Å². The summed E-state index contributed by atoms with van der Waals surface area (Å²) < 4.78 is 2.34. The molecule has 1 atom stereocenters. The summed E-state index contributed by atoms with van der Waals surface area (Å²) in [6, 6.07) is 6.80. The summed E-state index contributed by atoms with van der Waals surface area (Å²) in [7, 11) is 1.55. The summed E-state index contributed by atoms with van der Waals surface area (Å²) in [6.07, 6.45) is 1.58. The molecule has 2 aromatic rings. The van der Waals surface area contributed by atoms with Crippen molar-refractivity contribution in [2.24, 2.45) is 12.8 Å². The minimum Gasteiger partial charge on any atom is -0.480 e. The fraction of sp³-hybridized carbons (Fsp3) is 0.214. The highest BCUT2D eigenvalue weighted by atomic mass is 16.4. The zero-order valence-electron chi connectivity index (χ0n) is 11.4. The highest BCUT2D eigenvalue weighted by Crippen LogP contribution is 2.08. The summed E-state index contributed by atoms with van der Waals surface area (Å²) in [6.45, 7) is 0. The number of carboxylic acid groups (broad SMARTS) is 1. The van der Waals surface area contributed by atoms with Crippen molar-refractivity contribution in [2.45, 2.75) is 12.5 Å². The maximum atomic E-state index is 12.0. The van der Waals surface area contributed by atoms with E-state index in [2.05, 4.69) is 0 Å². The van der Waals surface area contributed by atoms with Crippen LogP contribution in [0.3, 0.4) is 0 Å². The van der Waals surface area contributed by atoms with Crippen molar-refractivity contribution in [3.63, 3.8) is 0 Å². The molecule has 0 saturated heterocycles. The average molecular weight is 289 g/mol. The number of carbonyl (C=O) groups is 1. The van der Waals surface area contributed by atoms with Crippen molar-refractivity contribution in [3.05, 3.63) is 62.9 Å². The Morgan fingerprint density at radius 3 is 2.43 bits per heavy atom. The molecule has 0 bridgehead atoms. The highest BCUT2D eigenvalue weighted by molar-refractivity contribution is 5.73. The number of carboxylic acids is 1. The lowest BCUT2D eigenvalue weighted by atomic mass is 10.1. The van der Waals surface area contributed by atoms with Gasteiger partial charge in [0.25, 0.3) is 5.56 Å². The third-order valence-electron chi connectivity index (χ3n) is 3.12. The van der Waals surface area contributed by atoms with Crippen LogP contribution in [0.15, 0.2) is 46.1 Å². The van der Waals surface area contributed by atoms with E-state index in [9.17, 15) is 14.4 Å². The fourth-order valence-electron chi connectivity index (χ4n) is 1.93. The Morgan fingerprint density at radius 2 is 1.86 bits per heavy atom. The molecule has 0 saturated carbocycles. The number of aliphatic carboxylic acids is 1. The molecule has 7 heteroatoms. The Morgan fingerprint density at radius 1 is 1.24 bits per heavy atom. The van der Waals surface area contributed by atoms with Gasteiger partial charge in [-0.1, -0.05) is 12.1 Å². The van der Waals surface area contributed by atoms with E-state index in [0.29, 0.717) is 5.69 Å². The van der Waals surface area contributed by atoms with Gasteiger partial charge in [0.15, 0.2) is 0 Å². The van der Waals surface area contributed by atoms with Crippen LogP contribution in [0, 0.1) is 0 Å². The average Bonchev–Trinajstić information content (AvgIpc) is 2.45. The van der Waals surface area contributed by atoms with Crippen molar-refractivity contribution in [1.82, 2.24) is 9.13 Å². The number of aryl methyl sites for hydroxylation is 1. The molecule has 3 N–H and O–H groups in total. The highest BCUT2D eigenvalue weighted by Gasteiger charge is 2.12. The third-order valence-corrected chi connectivity index (χ3v) is 3.12. The maximum absolute atomic E-state index is 12.0. The van der Waals surface area contributed by atoms with Gasteiger partial charge in [-0.15, -0.1) is 0 Å². The Labute approximate surface area is 119 Å². The molecule has 1 aromatic carbocycles. The molecule has 1 aromatic heterocycles. The molecule has 0 aliphatic heterocycles. The van der Waals surface area contributed by atoms with Crippen LogP contribution in [0.2, 0.25) is 0 Å². The van der Waals surface area contributed by atoms with Gasteiger partial charge in [0, 0.05) is 19.3 Å². The molecule has 2 rings (SSSR count). The molecule has 0 spiro atoms. The van der Waals surface area contributed by atoms with E-state index in [1.807, 2.05) is 0 Å². The second-order valence-corrected chi connectivity index (χ2v) is 4.70. The summed E-state index contributed by atoms with van der Waals surface area (Å²) in [4.78, 5) is 34.5. The van der Waals surface area contributed by atoms with Gasteiger partial charge in [0.2, 0.25) is 0 Å². The minimum absolute atomic E-state index is 0.178. The first-order valence-corrected chi connectivity index (χ1v) is 6.26. The number of rotatable bonds is 4. The molecule has 21 heavy (non-hydrogen) atoms. The molecule has 1 heterocycles. The van der Waals surface area contributed by atoms with Gasteiger partial charge in [-0.3, -0.25) is 9.59 Å². The van der Waals surface area contributed by atoms with Gasteiger partial charge in [-0.05, 0) is 24.1 Å². The van der Waals surface area contributed by atoms with Gasteiger partial charge >= 0.3 is 11.7 Å². The first-order valence-electron chi connectivity index (χ1n) is 6.26. The van der Waals surface area contributed by atoms with Crippen LogP contribution in [-0.2, 0) is 18.3 Å². The Hall–Kier alpha value is -2.67. The Kier molecular flexibility index (Phi) is 4.04. The predicted octanol–water partition coefficient (Wildman–Crippen LogP) is -0.509. The second kappa shape index (κ2) is 5.76. The van der Waals surface area contributed by atoms with E-state index in [1.54, 1.807) is 31.3 Å². The SMILES string of the molecule is Cn1ccc(=O)n(-c2ccc(CC(N)C(=O)O)cc2)c1=O. The number of aromatic nitrogens is 2. The molecule has 0 fully saturated rings. The largest absolute Gasteiger partial charge is 0.480 e. The van der Waals surface area contributed by atoms with Crippen LogP contribution >= 0.6 is 0 Å². The zero-order valence-corrected chi connectivity index (χ0v) is 11.4. The van der Waals surface area contributed by atoms with Crippen molar-refractivity contribution in [2.75, 3.05) is 0 Å². The summed E-state index contributed by atoms with van der Waals surface area (Å²) in [5.74, 6) is -1.08. The first-order chi connectivity index (χ1) is 9.90. The molecule has 0 amide bonds. The molecular formula is C14H15N3O4. The van der Waals surface area contributed by atoms with Crippen LogP contribution in [-0.4, -0.2) is 26.3 Å². The number of nitrogens with zero attached hydrogens (tertiary/aromatic N) is 2. The predicted molar refractivity (Wildman–Crippen MR) is 76.6 cm³/mol. The zero-order chi connectivity index (χ0) is 15.6. The summed E-state index contributed by atoms with van der Waals surface area (Å²) in [5, 5.41) is 8.76. The van der Waals surface area contributed by atoms with E-state index in [0.717, 1.165) is 10.1 Å². The monoisotopic (exact) mass is 289 g/mol. The van der Waals surface area contributed by atoms with Gasteiger partial charge in [-0.2, -0.15) is 0 Å². The van der Waals surface area contributed by atoms with Crippen molar-refractivity contribution < 1.29 is 9.90 Å². The van der Waals surface area contributed by atoms with Gasteiger partial charge in [-0.25, -0.2) is 9.36 Å². The fourth-order valence-corrected chi connectivity index (χ4v) is 1.93. The molecule has 0 aliphatic rings. The van der Waals surface area contributed by atoms with Crippen LogP contribution in [0.25, 0.3) is 5.69 Å². The van der Waals surface area contributed by atoms with Crippen LogP contribution in [0.4, 0.5) is 0 Å². The van der Waals surface area contributed by atoms with Crippen molar-refractivity contribution >= 4 is 5.97 Å². The molecule has 7 nitrogen and oxygen atoms in total. The van der Waals surface area contributed by atoms with Crippen LogP contribution < -0.4 is 17.0 Å². The van der Waals surface area contributed by atoms with E-state index >= 15 is 0 Å². The maximum Gasteiger partial charge on any atom is 0.335 e. The lowest BCUT2D eigenvalue weighted by Crippen LogP contribution is -2.36. The van der Waals surface area contributed by atoms with E-state index in [4.69, 9.17) is 10.8 Å². The quantitative estimate of drug-likeness (QED) is 0.788. The van der Waals surface area contributed by atoms with Gasteiger partial charge in [0.1, 0.15) is 6.04 Å². The molecule has 1 unspecified atom stereocenters. The Bertz CT molecular complexity index is 774. The first kappa shape index (κ1) is 14.7. The smallest absolute Gasteiger partial charge is 0.335 e. The van der Waals surface area contributed by atoms with E-state index in [-0.39, 0.29) is 6.42 Å². The van der Waals surface area contributed by atoms with Gasteiger partial charge in [0.05, 0.1) is 5.69 Å². The Balaban J connectivity index is 2.36. The van der Waals surface area contributed by atoms with Gasteiger partial charge < -0.3 is 15.4 Å². The molecular weight excluding hydrogens is 274 g/mol.